The minimum atomic E-state index is -1.79. The molecule has 12 unspecified atom stereocenters. The van der Waals surface area contributed by atoms with Crippen LogP contribution in [0.1, 0.15) is 200 Å². The molecule has 2 fully saturated rings. The monoisotopic (exact) mass is 1060 g/mol. The lowest BCUT2D eigenvalue weighted by Crippen LogP contribution is -2.65. The lowest BCUT2D eigenvalue weighted by atomic mass is 9.97. The fourth-order valence-electron chi connectivity index (χ4n) is 9.12. The fourth-order valence-corrected chi connectivity index (χ4v) is 9.12. The number of hydrogen-bond donors (Lipinski definition) is 9. The molecule has 0 aromatic carbocycles. The molecule has 14 nitrogen and oxygen atoms in total. The lowest BCUT2D eigenvalue weighted by Gasteiger charge is -2.46. The second kappa shape index (κ2) is 46.1. The molecule has 2 rings (SSSR count). The van der Waals surface area contributed by atoms with Crippen molar-refractivity contribution in [2.45, 2.75) is 274 Å². The third kappa shape index (κ3) is 32.0. The van der Waals surface area contributed by atoms with E-state index >= 15 is 0 Å². The van der Waals surface area contributed by atoms with Gasteiger partial charge in [0.25, 0.3) is 0 Å². The van der Waals surface area contributed by atoms with Gasteiger partial charge >= 0.3 is 0 Å². The number of unbranched alkanes of at least 4 members (excludes halogenated alkanes) is 20. The van der Waals surface area contributed by atoms with Gasteiger partial charge in [0.2, 0.25) is 5.91 Å². The SMILES string of the molecule is CC/C=C\C/C=C\C/C=C\C/C=C\C/C=C\C/C=C\CCCCCCCCCCCCC(=O)NC(COC1OC(CO)C(OC2OC(CO)C(O)C(O)C2O)C(O)C1O)C(O)/C=C/CCCCCCCCCCCC. The summed E-state index contributed by atoms with van der Waals surface area (Å²) in [4.78, 5) is 13.2. The van der Waals surface area contributed by atoms with Crippen molar-refractivity contribution in [2.24, 2.45) is 0 Å². The molecule has 14 heteroatoms. The smallest absolute Gasteiger partial charge is 0.220 e. The van der Waals surface area contributed by atoms with Crippen molar-refractivity contribution >= 4 is 5.91 Å². The number of aliphatic hydroxyl groups is 8. The summed E-state index contributed by atoms with van der Waals surface area (Å²) in [5.74, 6) is -0.249. The molecule has 432 valence electrons. The highest BCUT2D eigenvalue weighted by Crippen LogP contribution is 2.30. The fraction of sp³-hybridized carbons (Fsp3) is 0.754. The molecule has 2 saturated heterocycles. The van der Waals surface area contributed by atoms with Gasteiger partial charge < -0.3 is 65.1 Å². The summed E-state index contributed by atoms with van der Waals surface area (Å²) in [6.07, 6.45) is 44.8. The summed E-state index contributed by atoms with van der Waals surface area (Å²) in [7, 11) is 0. The van der Waals surface area contributed by atoms with Crippen LogP contribution in [0.25, 0.3) is 0 Å². The largest absolute Gasteiger partial charge is 0.394 e. The Labute approximate surface area is 452 Å². The van der Waals surface area contributed by atoms with Crippen molar-refractivity contribution in [1.82, 2.24) is 5.32 Å². The van der Waals surface area contributed by atoms with Crippen LogP contribution in [0, 0.1) is 0 Å². The van der Waals surface area contributed by atoms with E-state index in [0.29, 0.717) is 6.42 Å². The van der Waals surface area contributed by atoms with E-state index in [-0.39, 0.29) is 18.9 Å². The van der Waals surface area contributed by atoms with E-state index in [9.17, 15) is 45.6 Å². The topological polar surface area (TPSA) is 228 Å². The Balaban J connectivity index is 1.71. The van der Waals surface area contributed by atoms with Gasteiger partial charge in [0.15, 0.2) is 12.6 Å². The maximum Gasteiger partial charge on any atom is 0.220 e. The molecule has 12 atom stereocenters. The first-order valence-electron chi connectivity index (χ1n) is 29.3. The zero-order valence-corrected chi connectivity index (χ0v) is 46.3. The predicted molar refractivity (Wildman–Crippen MR) is 300 cm³/mol. The number of carbonyl (C=O) groups is 1. The first-order valence-corrected chi connectivity index (χ1v) is 29.3. The Hall–Kier alpha value is -2.83. The van der Waals surface area contributed by atoms with Gasteiger partial charge in [0.05, 0.1) is 32.0 Å². The van der Waals surface area contributed by atoms with Crippen LogP contribution < -0.4 is 5.32 Å². The predicted octanol–water partition coefficient (Wildman–Crippen LogP) is 9.72. The summed E-state index contributed by atoms with van der Waals surface area (Å²) >= 11 is 0. The molecule has 0 bridgehead atoms. The Morgan fingerprint density at radius 1 is 0.493 bits per heavy atom. The van der Waals surface area contributed by atoms with Crippen molar-refractivity contribution < 1.29 is 64.6 Å². The van der Waals surface area contributed by atoms with E-state index in [0.717, 1.165) is 83.5 Å². The van der Waals surface area contributed by atoms with Crippen molar-refractivity contribution in [3.63, 3.8) is 0 Å². The summed E-state index contributed by atoms with van der Waals surface area (Å²) < 4.78 is 22.7. The lowest BCUT2D eigenvalue weighted by molar-refractivity contribution is -0.359. The summed E-state index contributed by atoms with van der Waals surface area (Å²) in [5, 5.41) is 86.9. The zero-order chi connectivity index (χ0) is 54.6. The van der Waals surface area contributed by atoms with Gasteiger partial charge in [0.1, 0.15) is 48.8 Å². The van der Waals surface area contributed by atoms with Crippen LogP contribution in [-0.2, 0) is 23.7 Å². The molecule has 2 aliphatic rings. The molecule has 0 saturated carbocycles. The van der Waals surface area contributed by atoms with Crippen LogP contribution in [0.3, 0.4) is 0 Å². The molecule has 0 aromatic rings. The number of allylic oxidation sites excluding steroid dienone is 13. The van der Waals surface area contributed by atoms with E-state index in [1.165, 1.54) is 89.9 Å². The molecule has 0 aliphatic carbocycles. The van der Waals surface area contributed by atoms with Gasteiger partial charge in [-0.15, -0.1) is 0 Å². The van der Waals surface area contributed by atoms with Crippen LogP contribution in [0.5, 0.6) is 0 Å². The third-order valence-corrected chi connectivity index (χ3v) is 13.8. The minimum Gasteiger partial charge on any atom is -0.394 e. The van der Waals surface area contributed by atoms with E-state index in [1.807, 2.05) is 6.08 Å². The van der Waals surface area contributed by atoms with Gasteiger partial charge in [-0.05, 0) is 70.6 Å². The second-order valence-electron chi connectivity index (χ2n) is 20.4. The molecule has 75 heavy (non-hydrogen) atoms. The quantitative estimate of drug-likeness (QED) is 0.0205. The van der Waals surface area contributed by atoms with Crippen molar-refractivity contribution in [3.8, 4) is 0 Å². The number of rotatable bonds is 45. The standard InChI is InChI=1S/C61H105NO13/c1-3-5-7-9-11-13-15-17-18-19-20-21-22-23-24-25-26-27-28-29-30-31-32-33-35-37-39-41-43-45-53(66)62-49(50(65)44-42-40-38-36-34-16-14-12-10-8-6-4-2)48-72-60-58(71)56(69)59(52(47-64)74-60)75-61-57(70)55(68)54(67)51(46-63)73-61/h5,7,11,13,17-18,20-21,23-24,26-27,42,44,49-52,54-61,63-65,67-71H,3-4,6,8-10,12,14-16,19,22,25,28-41,43,45-48H2,1-2H3,(H,62,66)/b7-5-,13-11-,18-17-,21-20-,24-23-,27-26-,44-42+. The Bertz CT molecular complexity index is 1580. The first kappa shape index (κ1) is 68.3. The van der Waals surface area contributed by atoms with E-state index < -0.39 is 86.8 Å². The van der Waals surface area contributed by atoms with Gasteiger partial charge in [-0.3, -0.25) is 4.79 Å². The molecule has 0 spiro atoms. The Morgan fingerprint density at radius 3 is 1.41 bits per heavy atom. The average Bonchev–Trinajstić information content (AvgIpc) is 3.41. The number of hydrogen-bond acceptors (Lipinski definition) is 13. The maximum atomic E-state index is 13.2. The van der Waals surface area contributed by atoms with Gasteiger partial charge in [-0.25, -0.2) is 0 Å². The normalized spacial score (nSPS) is 25.7. The number of ether oxygens (including phenoxy) is 4. The Morgan fingerprint density at radius 2 is 0.920 bits per heavy atom. The van der Waals surface area contributed by atoms with Crippen molar-refractivity contribution in [2.75, 3.05) is 19.8 Å². The van der Waals surface area contributed by atoms with E-state index in [2.05, 4.69) is 92.1 Å². The second-order valence-corrected chi connectivity index (χ2v) is 20.4. The van der Waals surface area contributed by atoms with E-state index in [1.54, 1.807) is 6.08 Å². The molecule has 2 aliphatic heterocycles. The van der Waals surface area contributed by atoms with Gasteiger partial charge in [-0.2, -0.15) is 0 Å². The summed E-state index contributed by atoms with van der Waals surface area (Å²) in [5.41, 5.74) is 0. The van der Waals surface area contributed by atoms with E-state index in [4.69, 9.17) is 18.9 Å². The number of amides is 1. The molecule has 9 N–H and O–H groups in total. The number of carbonyl (C=O) groups excluding carboxylic acids is 1. The van der Waals surface area contributed by atoms with Gasteiger partial charge in [-0.1, -0.05) is 208 Å². The first-order chi connectivity index (χ1) is 36.6. The highest BCUT2D eigenvalue weighted by Gasteiger charge is 2.51. The maximum absolute atomic E-state index is 13.2. The highest BCUT2D eigenvalue weighted by molar-refractivity contribution is 5.76. The molecule has 0 aromatic heterocycles. The Kier molecular flexibility index (Phi) is 42.0. The van der Waals surface area contributed by atoms with Crippen LogP contribution in [0.2, 0.25) is 0 Å². The minimum absolute atomic E-state index is 0.249. The van der Waals surface area contributed by atoms with Crippen LogP contribution in [-0.4, -0.2) is 140 Å². The number of aliphatic hydroxyl groups excluding tert-OH is 8. The number of nitrogens with one attached hydrogen (secondary N) is 1. The highest BCUT2D eigenvalue weighted by atomic mass is 16.7. The third-order valence-electron chi connectivity index (χ3n) is 13.8. The van der Waals surface area contributed by atoms with Crippen LogP contribution in [0.4, 0.5) is 0 Å². The molecular weight excluding hydrogens is 955 g/mol. The van der Waals surface area contributed by atoms with Crippen LogP contribution in [0.15, 0.2) is 85.1 Å². The van der Waals surface area contributed by atoms with Crippen molar-refractivity contribution in [1.29, 1.82) is 0 Å². The zero-order valence-electron chi connectivity index (χ0n) is 46.3. The molecule has 1 amide bonds. The molecule has 2 heterocycles. The average molecular weight is 1060 g/mol. The van der Waals surface area contributed by atoms with Crippen LogP contribution >= 0.6 is 0 Å². The summed E-state index contributed by atoms with van der Waals surface area (Å²) in [6.45, 7) is 2.65. The molecule has 0 radical (unpaired) electrons. The van der Waals surface area contributed by atoms with Gasteiger partial charge in [0, 0.05) is 6.42 Å². The summed E-state index contributed by atoms with van der Waals surface area (Å²) in [6, 6.07) is -0.921. The van der Waals surface area contributed by atoms with Crippen molar-refractivity contribution in [3.05, 3.63) is 85.1 Å². The molecular formula is C61H105NO13.